The Kier molecular flexibility index (Phi) is 6.26. The first-order valence-corrected chi connectivity index (χ1v) is 7.32. The number of nitrogens with one attached hydrogen (secondary N) is 1. The summed E-state index contributed by atoms with van der Waals surface area (Å²) in [6.45, 7) is 3.91. The molecule has 1 fully saturated rings. The third-order valence-corrected chi connectivity index (χ3v) is 3.90. The number of rotatable bonds is 6. The van der Waals surface area contributed by atoms with Gasteiger partial charge in [-0.2, -0.15) is 0 Å². The zero-order valence-electron chi connectivity index (χ0n) is 12.4. The van der Waals surface area contributed by atoms with Crippen molar-refractivity contribution in [2.45, 2.75) is 64.0 Å². The van der Waals surface area contributed by atoms with E-state index in [1.165, 1.54) is 4.90 Å². The smallest absolute Gasteiger partial charge is 0.318 e. The number of carboxylic acid groups (broad SMARTS) is 1. The van der Waals surface area contributed by atoms with Gasteiger partial charge in [-0.25, -0.2) is 4.79 Å². The maximum atomic E-state index is 12.3. The molecule has 6 nitrogen and oxygen atoms in total. The molecule has 0 radical (unpaired) electrons. The van der Waals surface area contributed by atoms with Crippen LogP contribution in [0.15, 0.2) is 0 Å². The Bertz CT molecular complexity index is 338. The van der Waals surface area contributed by atoms with Gasteiger partial charge >= 0.3 is 12.0 Å². The number of aliphatic hydroxyl groups excluding tert-OH is 1. The van der Waals surface area contributed by atoms with Crippen LogP contribution in [0.4, 0.5) is 4.79 Å². The first-order chi connectivity index (χ1) is 9.40. The van der Waals surface area contributed by atoms with E-state index in [4.69, 9.17) is 10.2 Å². The van der Waals surface area contributed by atoms with Crippen LogP contribution in [0, 0.1) is 0 Å². The summed E-state index contributed by atoms with van der Waals surface area (Å²) in [5.74, 6) is -0.884. The number of aliphatic hydroxyl groups is 1. The molecule has 0 atom stereocenters. The average molecular weight is 286 g/mol. The Morgan fingerprint density at radius 1 is 1.25 bits per heavy atom. The van der Waals surface area contributed by atoms with Gasteiger partial charge in [-0.05, 0) is 26.7 Å². The fraction of sp³-hybridized carbons (Fsp3) is 0.857. The molecule has 20 heavy (non-hydrogen) atoms. The minimum Gasteiger partial charge on any atom is -0.481 e. The van der Waals surface area contributed by atoms with E-state index in [0.29, 0.717) is 12.8 Å². The predicted octanol–water partition coefficient (Wildman–Crippen LogP) is 1.58. The van der Waals surface area contributed by atoms with Crippen molar-refractivity contribution in [1.29, 1.82) is 0 Å². The highest BCUT2D eigenvalue weighted by Crippen LogP contribution is 2.31. The van der Waals surface area contributed by atoms with Gasteiger partial charge in [0.15, 0.2) is 0 Å². The summed E-state index contributed by atoms with van der Waals surface area (Å²) in [4.78, 5) is 25.0. The monoisotopic (exact) mass is 286 g/mol. The van der Waals surface area contributed by atoms with Crippen molar-refractivity contribution in [2.24, 2.45) is 0 Å². The Morgan fingerprint density at radius 2 is 1.85 bits per heavy atom. The van der Waals surface area contributed by atoms with Crippen molar-refractivity contribution in [2.75, 3.05) is 13.2 Å². The third kappa shape index (κ3) is 4.67. The lowest BCUT2D eigenvalue weighted by Gasteiger charge is -2.39. The molecular formula is C14H26N2O4. The molecular weight excluding hydrogens is 260 g/mol. The molecule has 0 bridgehead atoms. The van der Waals surface area contributed by atoms with Crippen molar-refractivity contribution >= 4 is 12.0 Å². The number of amides is 2. The Hall–Kier alpha value is -1.30. The molecule has 0 unspecified atom stereocenters. The molecule has 0 aromatic rings. The molecule has 116 valence electrons. The van der Waals surface area contributed by atoms with Crippen LogP contribution < -0.4 is 5.32 Å². The molecule has 1 rings (SSSR count). The highest BCUT2D eigenvalue weighted by Gasteiger charge is 2.37. The topological polar surface area (TPSA) is 89.9 Å². The van der Waals surface area contributed by atoms with Crippen LogP contribution in [0.5, 0.6) is 0 Å². The number of carbonyl (C=O) groups is 2. The Balaban J connectivity index is 2.77. The van der Waals surface area contributed by atoms with E-state index in [2.05, 4.69) is 5.32 Å². The van der Waals surface area contributed by atoms with Crippen LogP contribution in [-0.2, 0) is 4.79 Å². The van der Waals surface area contributed by atoms with Gasteiger partial charge in [0.25, 0.3) is 0 Å². The standard InChI is InChI=1S/C14H26N2O4/c1-11(2)16(8-9-17)13(20)15-14(10-12(18)19)6-4-3-5-7-14/h11,17H,3-10H2,1-2H3,(H,15,20)(H,18,19). The van der Waals surface area contributed by atoms with Crippen LogP contribution in [-0.4, -0.2) is 51.8 Å². The van der Waals surface area contributed by atoms with Gasteiger partial charge in [0.1, 0.15) is 0 Å². The maximum absolute atomic E-state index is 12.3. The summed E-state index contributed by atoms with van der Waals surface area (Å²) in [5.41, 5.74) is -0.635. The summed E-state index contributed by atoms with van der Waals surface area (Å²) in [5, 5.41) is 21.0. The fourth-order valence-electron chi connectivity index (χ4n) is 2.86. The van der Waals surface area contributed by atoms with Gasteiger partial charge in [-0.1, -0.05) is 19.3 Å². The molecule has 0 saturated heterocycles. The SMILES string of the molecule is CC(C)N(CCO)C(=O)NC1(CC(=O)O)CCCCC1. The lowest BCUT2D eigenvalue weighted by molar-refractivity contribution is -0.139. The third-order valence-electron chi connectivity index (χ3n) is 3.90. The normalized spacial score (nSPS) is 17.8. The summed E-state index contributed by atoms with van der Waals surface area (Å²) in [7, 11) is 0. The number of hydrogen-bond acceptors (Lipinski definition) is 3. The molecule has 0 heterocycles. The van der Waals surface area contributed by atoms with Crippen LogP contribution in [0.2, 0.25) is 0 Å². The molecule has 0 aromatic heterocycles. The molecule has 0 aliphatic heterocycles. The van der Waals surface area contributed by atoms with Gasteiger partial charge < -0.3 is 20.4 Å². The first-order valence-electron chi connectivity index (χ1n) is 7.32. The van der Waals surface area contributed by atoms with E-state index in [1.807, 2.05) is 13.8 Å². The van der Waals surface area contributed by atoms with Crippen LogP contribution in [0.3, 0.4) is 0 Å². The second-order valence-corrected chi connectivity index (χ2v) is 5.85. The van der Waals surface area contributed by atoms with Crippen LogP contribution in [0.1, 0.15) is 52.4 Å². The van der Waals surface area contributed by atoms with Crippen molar-refractivity contribution in [3.05, 3.63) is 0 Å². The summed E-state index contributed by atoms with van der Waals surface area (Å²) in [6, 6.07) is -0.315. The fourth-order valence-corrected chi connectivity index (χ4v) is 2.86. The molecule has 1 saturated carbocycles. The highest BCUT2D eigenvalue weighted by molar-refractivity contribution is 5.77. The predicted molar refractivity (Wildman–Crippen MR) is 75.5 cm³/mol. The van der Waals surface area contributed by atoms with Crippen molar-refractivity contribution < 1.29 is 19.8 Å². The van der Waals surface area contributed by atoms with Crippen molar-refractivity contribution in [1.82, 2.24) is 10.2 Å². The maximum Gasteiger partial charge on any atom is 0.318 e. The zero-order chi connectivity index (χ0) is 15.2. The quantitative estimate of drug-likeness (QED) is 0.691. The number of nitrogens with zero attached hydrogens (tertiary/aromatic N) is 1. The van der Waals surface area contributed by atoms with Gasteiger partial charge in [-0.15, -0.1) is 0 Å². The zero-order valence-corrected chi connectivity index (χ0v) is 12.4. The molecule has 0 aromatic carbocycles. The second kappa shape index (κ2) is 7.47. The molecule has 1 aliphatic rings. The van der Waals surface area contributed by atoms with Gasteiger partial charge in [0.05, 0.1) is 18.6 Å². The molecule has 3 N–H and O–H groups in total. The van der Waals surface area contributed by atoms with Gasteiger partial charge in [-0.3, -0.25) is 4.79 Å². The number of aliphatic carboxylic acids is 1. The first kappa shape index (κ1) is 16.8. The lowest BCUT2D eigenvalue weighted by Crippen LogP contribution is -2.56. The number of carbonyl (C=O) groups excluding carboxylic acids is 1. The Labute approximate surface area is 120 Å². The minimum absolute atomic E-state index is 0.0346. The molecule has 6 heteroatoms. The van der Waals surface area contributed by atoms with Crippen molar-refractivity contribution in [3.8, 4) is 0 Å². The summed E-state index contributed by atoms with van der Waals surface area (Å²) >= 11 is 0. The molecule has 0 spiro atoms. The minimum atomic E-state index is -0.884. The summed E-state index contributed by atoms with van der Waals surface area (Å²) < 4.78 is 0. The number of urea groups is 1. The molecule has 2 amide bonds. The van der Waals surface area contributed by atoms with Crippen molar-refractivity contribution in [3.63, 3.8) is 0 Å². The molecule has 1 aliphatic carbocycles. The van der Waals surface area contributed by atoms with E-state index < -0.39 is 11.5 Å². The van der Waals surface area contributed by atoms with Crippen LogP contribution >= 0.6 is 0 Å². The lowest BCUT2D eigenvalue weighted by atomic mass is 9.79. The van der Waals surface area contributed by atoms with Crippen LogP contribution in [0.25, 0.3) is 0 Å². The Morgan fingerprint density at radius 3 is 2.30 bits per heavy atom. The van der Waals surface area contributed by atoms with E-state index in [1.54, 1.807) is 0 Å². The van der Waals surface area contributed by atoms with E-state index in [-0.39, 0.29) is 31.6 Å². The number of carboxylic acids is 1. The average Bonchev–Trinajstić information content (AvgIpc) is 2.35. The van der Waals surface area contributed by atoms with E-state index >= 15 is 0 Å². The van der Waals surface area contributed by atoms with Gasteiger partial charge in [0.2, 0.25) is 0 Å². The highest BCUT2D eigenvalue weighted by atomic mass is 16.4. The largest absolute Gasteiger partial charge is 0.481 e. The number of hydrogen-bond donors (Lipinski definition) is 3. The second-order valence-electron chi connectivity index (χ2n) is 5.85. The van der Waals surface area contributed by atoms with E-state index in [0.717, 1.165) is 19.3 Å². The summed E-state index contributed by atoms with van der Waals surface area (Å²) in [6.07, 6.45) is 4.34. The van der Waals surface area contributed by atoms with Gasteiger partial charge in [0, 0.05) is 12.6 Å². The van der Waals surface area contributed by atoms with E-state index in [9.17, 15) is 9.59 Å².